The third-order valence-corrected chi connectivity index (χ3v) is 5.14. The lowest BCUT2D eigenvalue weighted by Gasteiger charge is -2.10. The Kier molecular flexibility index (Phi) is 6.49. The van der Waals surface area contributed by atoms with Crippen molar-refractivity contribution in [3.63, 3.8) is 0 Å². The summed E-state index contributed by atoms with van der Waals surface area (Å²) in [4.78, 5) is 16.7. The van der Waals surface area contributed by atoms with Crippen LogP contribution in [0.5, 0.6) is 5.75 Å². The van der Waals surface area contributed by atoms with Gasteiger partial charge in [0.2, 0.25) is 5.91 Å². The maximum Gasteiger partial charge on any atom is 0.248 e. The molecule has 0 spiro atoms. The Hall–Kier alpha value is -2.63. The van der Waals surface area contributed by atoms with Crippen molar-refractivity contribution in [2.45, 2.75) is 27.4 Å². The lowest BCUT2D eigenvalue weighted by Crippen LogP contribution is -2.09. The molecule has 0 atom stereocenters. The fraction of sp³-hybridized carbons (Fsp3) is 0.182. The zero-order chi connectivity index (χ0) is 20.1. The second-order valence-electron chi connectivity index (χ2n) is 6.48. The number of halogens is 1. The molecule has 1 amide bonds. The van der Waals surface area contributed by atoms with Gasteiger partial charge in [-0.05, 0) is 61.7 Å². The number of carbonyl (C=O) groups is 1. The summed E-state index contributed by atoms with van der Waals surface area (Å²) in [6.07, 6.45) is 3.23. The van der Waals surface area contributed by atoms with Gasteiger partial charge in [0.05, 0.1) is 21.4 Å². The molecule has 1 N–H and O–H groups in total. The molecular formula is C22H21ClN2O2S. The number of ether oxygens (including phenoxy) is 1. The number of benzene rings is 2. The molecule has 2 aromatic carbocycles. The third-order valence-electron chi connectivity index (χ3n) is 4.02. The van der Waals surface area contributed by atoms with Gasteiger partial charge in [0.25, 0.3) is 0 Å². The van der Waals surface area contributed by atoms with Crippen molar-refractivity contribution < 1.29 is 9.53 Å². The number of amides is 1. The van der Waals surface area contributed by atoms with Gasteiger partial charge in [0.15, 0.2) is 0 Å². The van der Waals surface area contributed by atoms with Crippen molar-refractivity contribution >= 4 is 40.6 Å². The maximum atomic E-state index is 12.3. The number of anilines is 1. The van der Waals surface area contributed by atoms with E-state index in [0.717, 1.165) is 33.1 Å². The molecule has 0 bridgehead atoms. The molecule has 0 aliphatic rings. The van der Waals surface area contributed by atoms with Crippen molar-refractivity contribution in [3.8, 4) is 5.75 Å². The molecule has 0 unspecified atom stereocenters. The quantitative estimate of drug-likeness (QED) is 0.508. The second-order valence-corrected chi connectivity index (χ2v) is 7.95. The van der Waals surface area contributed by atoms with E-state index in [1.54, 1.807) is 17.4 Å². The van der Waals surface area contributed by atoms with Crippen LogP contribution in [0.3, 0.4) is 0 Å². The molecule has 3 rings (SSSR count). The number of nitrogens with zero attached hydrogens (tertiary/aromatic N) is 1. The van der Waals surface area contributed by atoms with E-state index in [0.29, 0.717) is 17.3 Å². The van der Waals surface area contributed by atoms with Crippen LogP contribution >= 0.6 is 22.9 Å². The average molecular weight is 413 g/mol. The highest BCUT2D eigenvalue weighted by molar-refractivity contribution is 7.09. The van der Waals surface area contributed by atoms with Crippen LogP contribution in [0, 0.1) is 20.8 Å². The standard InChI is InChI=1S/C22H21ClN2O2S/c1-14-9-15(2)22(20(23)10-14)25-21(26)8-7-17-5-4-6-19(11-17)27-12-18-13-28-16(3)24-18/h4-11,13H,12H2,1-3H3,(H,25,26)/b8-7+. The molecule has 1 heterocycles. The van der Waals surface area contributed by atoms with Crippen LogP contribution in [0.4, 0.5) is 5.69 Å². The number of hydrogen-bond acceptors (Lipinski definition) is 4. The van der Waals surface area contributed by atoms with E-state index in [4.69, 9.17) is 16.3 Å². The first-order valence-corrected chi connectivity index (χ1v) is 10.1. The molecule has 0 aliphatic carbocycles. The van der Waals surface area contributed by atoms with Gasteiger partial charge in [-0.25, -0.2) is 4.98 Å². The predicted molar refractivity (Wildman–Crippen MR) is 116 cm³/mol. The summed E-state index contributed by atoms with van der Waals surface area (Å²) in [5.41, 5.74) is 4.40. The Bertz CT molecular complexity index is 1000. The van der Waals surface area contributed by atoms with Crippen LogP contribution in [0.1, 0.15) is 27.4 Å². The van der Waals surface area contributed by atoms with Gasteiger partial charge < -0.3 is 10.1 Å². The highest BCUT2D eigenvalue weighted by Crippen LogP contribution is 2.27. The van der Waals surface area contributed by atoms with Crippen LogP contribution in [-0.2, 0) is 11.4 Å². The van der Waals surface area contributed by atoms with Crippen LogP contribution in [0.15, 0.2) is 47.9 Å². The van der Waals surface area contributed by atoms with E-state index in [-0.39, 0.29) is 5.91 Å². The first-order chi connectivity index (χ1) is 13.4. The highest BCUT2D eigenvalue weighted by Gasteiger charge is 2.07. The van der Waals surface area contributed by atoms with Gasteiger partial charge in [0, 0.05) is 11.5 Å². The Morgan fingerprint density at radius 2 is 2.07 bits per heavy atom. The molecular weight excluding hydrogens is 392 g/mol. The number of thiazole rings is 1. The first kappa shape index (κ1) is 20.1. The lowest BCUT2D eigenvalue weighted by molar-refractivity contribution is -0.111. The molecule has 0 aliphatic heterocycles. The molecule has 3 aromatic rings. The van der Waals surface area contributed by atoms with E-state index < -0.39 is 0 Å². The predicted octanol–water partition coefficient (Wildman–Crippen LogP) is 5.95. The molecule has 4 nitrogen and oxygen atoms in total. The molecule has 1 aromatic heterocycles. The van der Waals surface area contributed by atoms with Gasteiger partial charge in [-0.3, -0.25) is 4.79 Å². The fourth-order valence-corrected chi connectivity index (χ4v) is 3.72. The lowest BCUT2D eigenvalue weighted by atomic mass is 10.1. The number of aryl methyl sites for hydroxylation is 3. The zero-order valence-corrected chi connectivity index (χ0v) is 17.5. The number of hydrogen-bond donors (Lipinski definition) is 1. The molecule has 0 radical (unpaired) electrons. The van der Waals surface area contributed by atoms with Crippen molar-refractivity contribution in [2.75, 3.05) is 5.32 Å². The Morgan fingerprint density at radius 1 is 1.25 bits per heavy atom. The van der Waals surface area contributed by atoms with Gasteiger partial charge in [-0.15, -0.1) is 11.3 Å². The van der Waals surface area contributed by atoms with E-state index in [1.165, 1.54) is 6.08 Å². The van der Waals surface area contributed by atoms with Crippen LogP contribution in [0.2, 0.25) is 5.02 Å². The van der Waals surface area contributed by atoms with Crippen molar-refractivity contribution in [3.05, 3.63) is 80.3 Å². The number of aromatic nitrogens is 1. The summed E-state index contributed by atoms with van der Waals surface area (Å²) < 4.78 is 5.78. The SMILES string of the molecule is Cc1cc(C)c(NC(=O)/C=C/c2cccc(OCc3csc(C)n3)c2)c(Cl)c1. The van der Waals surface area contributed by atoms with E-state index in [2.05, 4.69) is 10.3 Å². The fourth-order valence-electron chi connectivity index (χ4n) is 2.75. The normalized spacial score (nSPS) is 11.0. The summed E-state index contributed by atoms with van der Waals surface area (Å²) in [6, 6.07) is 11.4. The summed E-state index contributed by atoms with van der Waals surface area (Å²) in [5.74, 6) is 0.490. The molecule has 144 valence electrons. The molecule has 0 saturated carbocycles. The van der Waals surface area contributed by atoms with Crippen LogP contribution in [0.25, 0.3) is 6.08 Å². The Morgan fingerprint density at radius 3 is 2.79 bits per heavy atom. The van der Waals surface area contributed by atoms with Gasteiger partial charge in [-0.1, -0.05) is 29.8 Å². The van der Waals surface area contributed by atoms with Crippen LogP contribution in [-0.4, -0.2) is 10.9 Å². The van der Waals surface area contributed by atoms with Crippen LogP contribution < -0.4 is 10.1 Å². The number of carbonyl (C=O) groups excluding carboxylic acids is 1. The summed E-state index contributed by atoms with van der Waals surface area (Å²) in [5, 5.41) is 6.38. The summed E-state index contributed by atoms with van der Waals surface area (Å²) in [7, 11) is 0. The number of nitrogens with one attached hydrogen (secondary N) is 1. The third kappa shape index (κ3) is 5.44. The smallest absolute Gasteiger partial charge is 0.248 e. The van der Waals surface area contributed by atoms with E-state index in [9.17, 15) is 4.79 Å². The van der Waals surface area contributed by atoms with Gasteiger partial charge in [-0.2, -0.15) is 0 Å². The Balaban J connectivity index is 1.63. The topological polar surface area (TPSA) is 51.2 Å². The summed E-state index contributed by atoms with van der Waals surface area (Å²) >= 11 is 7.85. The highest BCUT2D eigenvalue weighted by atomic mass is 35.5. The molecule has 0 saturated heterocycles. The van der Waals surface area contributed by atoms with Crippen molar-refractivity contribution in [1.82, 2.24) is 4.98 Å². The number of rotatable bonds is 6. The van der Waals surface area contributed by atoms with E-state index in [1.807, 2.05) is 62.5 Å². The zero-order valence-electron chi connectivity index (χ0n) is 16.0. The summed E-state index contributed by atoms with van der Waals surface area (Å²) in [6.45, 7) is 6.27. The first-order valence-electron chi connectivity index (χ1n) is 8.80. The molecule has 0 fully saturated rings. The van der Waals surface area contributed by atoms with Gasteiger partial charge in [0.1, 0.15) is 12.4 Å². The second kappa shape index (κ2) is 9.04. The largest absolute Gasteiger partial charge is 0.487 e. The minimum absolute atomic E-state index is 0.238. The average Bonchev–Trinajstić information content (AvgIpc) is 3.07. The minimum Gasteiger partial charge on any atom is -0.487 e. The molecule has 6 heteroatoms. The molecule has 28 heavy (non-hydrogen) atoms. The van der Waals surface area contributed by atoms with E-state index >= 15 is 0 Å². The minimum atomic E-state index is -0.238. The van der Waals surface area contributed by atoms with Gasteiger partial charge >= 0.3 is 0 Å². The van der Waals surface area contributed by atoms with Crippen molar-refractivity contribution in [2.24, 2.45) is 0 Å². The Labute approximate surface area is 173 Å². The van der Waals surface area contributed by atoms with Crippen molar-refractivity contribution in [1.29, 1.82) is 0 Å². The maximum absolute atomic E-state index is 12.3. The monoisotopic (exact) mass is 412 g/mol.